The molecule has 2 rings (SSSR count). The van der Waals surface area contributed by atoms with Crippen molar-refractivity contribution in [3.8, 4) is 0 Å². The average Bonchev–Trinajstić information content (AvgIpc) is 2.43. The van der Waals surface area contributed by atoms with Crippen LogP contribution in [0.15, 0.2) is 24.5 Å². The van der Waals surface area contributed by atoms with Crippen LogP contribution in [-0.2, 0) is 11.3 Å². The van der Waals surface area contributed by atoms with Crippen LogP contribution in [0.25, 0.3) is 0 Å². The first-order valence-corrected chi connectivity index (χ1v) is 6.62. The van der Waals surface area contributed by atoms with E-state index in [1.54, 1.807) is 13.1 Å². The number of nitrogens with zero attached hydrogens (tertiary/aromatic N) is 3. The second-order valence-corrected chi connectivity index (χ2v) is 4.14. The third kappa shape index (κ3) is 4.45. The van der Waals surface area contributed by atoms with Crippen LogP contribution in [0, 0.1) is 0 Å². The average molecular weight is 249 g/mol. The highest BCUT2D eigenvalue weighted by molar-refractivity contribution is 5.73. The Hall–Kier alpha value is -1.42. The number of hydrogen-bond acceptors (Lipinski definition) is 3. The van der Waals surface area contributed by atoms with Crippen molar-refractivity contribution in [1.29, 1.82) is 0 Å². The largest absolute Gasteiger partial charge is 0.340 e. The fourth-order valence-electron chi connectivity index (χ4n) is 1.97. The van der Waals surface area contributed by atoms with Crippen molar-refractivity contribution in [3.05, 3.63) is 30.1 Å². The van der Waals surface area contributed by atoms with Gasteiger partial charge >= 0.3 is 0 Å². The molecular formula is C14H23N3O. The minimum atomic E-state index is 0.182. The maximum Gasteiger partial charge on any atom is 0.219 e. The number of rotatable bonds is 2. The summed E-state index contributed by atoms with van der Waals surface area (Å²) in [5.41, 5.74) is 1.23. The quantitative estimate of drug-likeness (QED) is 0.801. The highest BCUT2D eigenvalue weighted by Crippen LogP contribution is 2.07. The third-order valence-electron chi connectivity index (χ3n) is 2.95. The molecule has 0 bridgehead atoms. The van der Waals surface area contributed by atoms with Crippen molar-refractivity contribution in [2.75, 3.05) is 26.2 Å². The monoisotopic (exact) mass is 249 g/mol. The lowest BCUT2D eigenvalue weighted by atomic mass is 10.2. The van der Waals surface area contributed by atoms with Crippen LogP contribution in [0.1, 0.15) is 26.3 Å². The van der Waals surface area contributed by atoms with E-state index < -0.39 is 0 Å². The molecule has 18 heavy (non-hydrogen) atoms. The Labute approximate surface area is 110 Å². The predicted molar refractivity (Wildman–Crippen MR) is 73.1 cm³/mol. The number of amides is 1. The highest BCUT2D eigenvalue weighted by Gasteiger charge is 2.18. The lowest BCUT2D eigenvalue weighted by molar-refractivity contribution is -0.130. The van der Waals surface area contributed by atoms with Gasteiger partial charge in [-0.3, -0.25) is 14.7 Å². The molecule has 1 saturated heterocycles. The summed E-state index contributed by atoms with van der Waals surface area (Å²) < 4.78 is 0. The zero-order chi connectivity index (χ0) is 13.4. The van der Waals surface area contributed by atoms with Crippen molar-refractivity contribution in [1.82, 2.24) is 14.8 Å². The molecule has 1 aliphatic heterocycles. The molecule has 100 valence electrons. The molecule has 1 aromatic heterocycles. The molecule has 1 aromatic rings. The summed E-state index contributed by atoms with van der Waals surface area (Å²) in [5.74, 6) is 0.182. The minimum absolute atomic E-state index is 0.182. The SMILES string of the molecule is CC.CC(=O)N1CCN(Cc2cccnc2)CC1. The molecule has 0 unspecified atom stereocenters. The maximum atomic E-state index is 11.2. The molecule has 0 aromatic carbocycles. The van der Waals surface area contributed by atoms with Crippen molar-refractivity contribution in [2.45, 2.75) is 27.3 Å². The summed E-state index contributed by atoms with van der Waals surface area (Å²) in [4.78, 5) is 19.5. The minimum Gasteiger partial charge on any atom is -0.340 e. The van der Waals surface area contributed by atoms with E-state index >= 15 is 0 Å². The van der Waals surface area contributed by atoms with Gasteiger partial charge in [0.1, 0.15) is 0 Å². The van der Waals surface area contributed by atoms with Gasteiger partial charge < -0.3 is 4.90 Å². The zero-order valence-corrected chi connectivity index (χ0v) is 11.6. The standard InChI is InChI=1S/C12H17N3O.C2H6/c1-11(16)15-7-5-14(6-8-15)10-12-3-2-4-13-9-12;1-2/h2-4,9H,5-8,10H2,1H3;1-2H3. The van der Waals surface area contributed by atoms with E-state index in [1.165, 1.54) is 5.56 Å². The van der Waals surface area contributed by atoms with E-state index in [4.69, 9.17) is 0 Å². The summed E-state index contributed by atoms with van der Waals surface area (Å²) in [7, 11) is 0. The molecule has 0 saturated carbocycles. The molecule has 0 N–H and O–H groups in total. The fraction of sp³-hybridized carbons (Fsp3) is 0.571. The number of pyridine rings is 1. The normalized spacial score (nSPS) is 15.8. The van der Waals surface area contributed by atoms with Gasteiger partial charge in [0.15, 0.2) is 0 Å². The summed E-state index contributed by atoms with van der Waals surface area (Å²) >= 11 is 0. The Bertz CT molecular complexity index is 345. The molecule has 0 aliphatic carbocycles. The smallest absolute Gasteiger partial charge is 0.219 e. The highest BCUT2D eigenvalue weighted by atomic mass is 16.2. The molecule has 4 nitrogen and oxygen atoms in total. The van der Waals surface area contributed by atoms with Crippen LogP contribution in [-0.4, -0.2) is 46.9 Å². The topological polar surface area (TPSA) is 36.4 Å². The number of carbonyl (C=O) groups is 1. The zero-order valence-electron chi connectivity index (χ0n) is 11.6. The summed E-state index contributed by atoms with van der Waals surface area (Å²) in [6, 6.07) is 4.05. The maximum absolute atomic E-state index is 11.2. The van der Waals surface area contributed by atoms with E-state index in [2.05, 4.69) is 16.0 Å². The van der Waals surface area contributed by atoms with Crippen molar-refractivity contribution >= 4 is 5.91 Å². The van der Waals surface area contributed by atoms with E-state index in [0.717, 1.165) is 32.7 Å². The molecule has 1 amide bonds. The van der Waals surface area contributed by atoms with E-state index in [0.29, 0.717) is 0 Å². The fourth-order valence-corrected chi connectivity index (χ4v) is 1.97. The second-order valence-electron chi connectivity index (χ2n) is 4.14. The van der Waals surface area contributed by atoms with Crippen LogP contribution >= 0.6 is 0 Å². The Morgan fingerprint density at radius 1 is 1.28 bits per heavy atom. The number of carbonyl (C=O) groups excluding carboxylic acids is 1. The van der Waals surface area contributed by atoms with Crippen LogP contribution in [0.5, 0.6) is 0 Å². The molecular weight excluding hydrogens is 226 g/mol. The van der Waals surface area contributed by atoms with Gasteiger partial charge in [0.05, 0.1) is 0 Å². The summed E-state index contributed by atoms with van der Waals surface area (Å²) in [6.45, 7) is 10.2. The molecule has 2 heterocycles. The molecule has 0 atom stereocenters. The first-order chi connectivity index (χ1) is 8.75. The number of piperazine rings is 1. The summed E-state index contributed by atoms with van der Waals surface area (Å²) in [6.07, 6.45) is 3.69. The first kappa shape index (κ1) is 14.6. The lowest BCUT2D eigenvalue weighted by Gasteiger charge is -2.34. The number of aromatic nitrogens is 1. The van der Waals surface area contributed by atoms with Crippen LogP contribution in [0.4, 0.5) is 0 Å². The lowest BCUT2D eigenvalue weighted by Crippen LogP contribution is -2.47. The summed E-state index contributed by atoms with van der Waals surface area (Å²) in [5, 5.41) is 0. The second kappa shape index (κ2) is 7.82. The van der Waals surface area contributed by atoms with Crippen molar-refractivity contribution in [2.24, 2.45) is 0 Å². The van der Waals surface area contributed by atoms with E-state index in [9.17, 15) is 4.79 Å². The third-order valence-corrected chi connectivity index (χ3v) is 2.95. The molecule has 1 fully saturated rings. The van der Waals surface area contributed by atoms with Crippen molar-refractivity contribution < 1.29 is 4.79 Å². The van der Waals surface area contributed by atoms with Gasteiger partial charge in [-0.2, -0.15) is 0 Å². The van der Waals surface area contributed by atoms with Gasteiger partial charge in [0.2, 0.25) is 5.91 Å². The Kier molecular flexibility index (Phi) is 6.36. The molecule has 4 heteroatoms. The van der Waals surface area contributed by atoms with Gasteiger partial charge in [-0.1, -0.05) is 19.9 Å². The predicted octanol–water partition coefficient (Wildman–Crippen LogP) is 1.77. The van der Waals surface area contributed by atoms with Gasteiger partial charge in [0, 0.05) is 52.0 Å². The Balaban J connectivity index is 0.000000771. The van der Waals surface area contributed by atoms with Crippen LogP contribution in [0.2, 0.25) is 0 Å². The molecule has 1 aliphatic rings. The number of hydrogen-bond donors (Lipinski definition) is 0. The van der Waals surface area contributed by atoms with E-state index in [1.807, 2.05) is 31.0 Å². The molecule has 0 spiro atoms. The Morgan fingerprint density at radius 2 is 1.94 bits per heavy atom. The van der Waals surface area contributed by atoms with Gasteiger partial charge in [-0.05, 0) is 11.6 Å². The van der Waals surface area contributed by atoms with Gasteiger partial charge in [0.25, 0.3) is 0 Å². The van der Waals surface area contributed by atoms with Gasteiger partial charge in [-0.15, -0.1) is 0 Å². The molecule has 0 radical (unpaired) electrons. The van der Waals surface area contributed by atoms with Gasteiger partial charge in [-0.25, -0.2) is 0 Å². The Morgan fingerprint density at radius 3 is 2.44 bits per heavy atom. The first-order valence-electron chi connectivity index (χ1n) is 6.62. The van der Waals surface area contributed by atoms with Crippen LogP contribution in [0.3, 0.4) is 0 Å². The van der Waals surface area contributed by atoms with Crippen molar-refractivity contribution in [3.63, 3.8) is 0 Å². The van der Waals surface area contributed by atoms with E-state index in [-0.39, 0.29) is 5.91 Å². The van der Waals surface area contributed by atoms with Crippen LogP contribution < -0.4 is 0 Å².